The van der Waals surface area contributed by atoms with Gasteiger partial charge in [0.15, 0.2) is 0 Å². The number of aliphatic hydroxyl groups is 1. The van der Waals surface area contributed by atoms with E-state index in [1.165, 1.54) is 0 Å². The van der Waals surface area contributed by atoms with Crippen molar-refractivity contribution in [2.75, 3.05) is 0 Å². The fraction of sp³-hybridized carbons (Fsp3) is 0.300. The van der Waals surface area contributed by atoms with Crippen LogP contribution in [-0.4, -0.2) is 17.3 Å². The maximum Gasteiger partial charge on any atom is 0.404 e. The van der Waals surface area contributed by atoms with Gasteiger partial charge in [-0.2, -0.15) is 0 Å². The topological polar surface area (TPSA) is 72.5 Å². The third-order valence-electron chi connectivity index (χ3n) is 1.96. The van der Waals surface area contributed by atoms with Gasteiger partial charge in [0.1, 0.15) is 12.2 Å². The normalized spacial score (nSPS) is 14.3. The number of amides is 1. The third-order valence-corrected chi connectivity index (χ3v) is 2.21. The van der Waals surface area contributed by atoms with E-state index in [1.54, 1.807) is 31.2 Å². The number of carbonyl (C=O) groups excluding carboxylic acids is 1. The van der Waals surface area contributed by atoms with Gasteiger partial charge in [-0.05, 0) is 24.6 Å². The quantitative estimate of drug-likeness (QED) is 0.831. The molecule has 15 heavy (non-hydrogen) atoms. The predicted molar refractivity (Wildman–Crippen MR) is 56.5 cm³/mol. The molecule has 0 aliphatic heterocycles. The van der Waals surface area contributed by atoms with Gasteiger partial charge in [0, 0.05) is 5.02 Å². The summed E-state index contributed by atoms with van der Waals surface area (Å²) in [5.41, 5.74) is 5.46. The summed E-state index contributed by atoms with van der Waals surface area (Å²) in [5.74, 6) is 0. The van der Waals surface area contributed by atoms with E-state index in [1.807, 2.05) is 0 Å². The van der Waals surface area contributed by atoms with Crippen molar-refractivity contribution in [3.05, 3.63) is 34.9 Å². The Morgan fingerprint density at radius 3 is 2.47 bits per heavy atom. The summed E-state index contributed by atoms with van der Waals surface area (Å²) < 4.78 is 4.65. The van der Waals surface area contributed by atoms with Crippen LogP contribution in [0.2, 0.25) is 5.02 Å². The highest BCUT2D eigenvalue weighted by Crippen LogP contribution is 2.20. The number of hydrogen-bond donors (Lipinski definition) is 2. The number of primary amides is 1. The smallest absolute Gasteiger partial charge is 0.404 e. The summed E-state index contributed by atoms with van der Waals surface area (Å²) >= 11 is 5.69. The Kier molecular flexibility index (Phi) is 3.94. The molecule has 5 heteroatoms. The molecule has 0 aliphatic carbocycles. The minimum absolute atomic E-state index is 0.578. The van der Waals surface area contributed by atoms with Crippen LogP contribution in [0.15, 0.2) is 24.3 Å². The molecular weight excluding hydrogens is 218 g/mol. The maximum atomic E-state index is 10.5. The lowest BCUT2D eigenvalue weighted by Gasteiger charge is -2.18. The van der Waals surface area contributed by atoms with Crippen molar-refractivity contribution in [3.8, 4) is 0 Å². The fourth-order valence-electron chi connectivity index (χ4n) is 1.18. The van der Waals surface area contributed by atoms with E-state index in [0.717, 1.165) is 0 Å². The number of ether oxygens (including phenoxy) is 1. The summed E-state index contributed by atoms with van der Waals surface area (Å²) in [7, 11) is 0. The summed E-state index contributed by atoms with van der Waals surface area (Å²) in [6.07, 6.45) is -2.51. The molecule has 0 unspecified atom stereocenters. The van der Waals surface area contributed by atoms with Crippen molar-refractivity contribution >= 4 is 17.7 Å². The van der Waals surface area contributed by atoms with Crippen LogP contribution in [0.4, 0.5) is 4.79 Å². The Balaban J connectivity index is 2.71. The van der Waals surface area contributed by atoms with E-state index < -0.39 is 18.3 Å². The highest BCUT2D eigenvalue weighted by molar-refractivity contribution is 6.30. The van der Waals surface area contributed by atoms with Crippen LogP contribution in [0.25, 0.3) is 0 Å². The van der Waals surface area contributed by atoms with Crippen LogP contribution in [-0.2, 0) is 4.74 Å². The zero-order valence-corrected chi connectivity index (χ0v) is 8.94. The van der Waals surface area contributed by atoms with Gasteiger partial charge >= 0.3 is 6.09 Å². The molecule has 0 fully saturated rings. The van der Waals surface area contributed by atoms with Gasteiger partial charge in [-0.1, -0.05) is 23.7 Å². The summed E-state index contributed by atoms with van der Waals surface area (Å²) in [5, 5.41) is 10.3. The molecule has 0 aliphatic rings. The van der Waals surface area contributed by atoms with E-state index >= 15 is 0 Å². The first-order valence-electron chi connectivity index (χ1n) is 4.40. The fourth-order valence-corrected chi connectivity index (χ4v) is 1.30. The molecule has 0 aromatic heterocycles. The lowest BCUT2D eigenvalue weighted by Crippen LogP contribution is -2.25. The Labute approximate surface area is 92.6 Å². The van der Waals surface area contributed by atoms with Gasteiger partial charge in [0.2, 0.25) is 0 Å². The summed E-state index contributed by atoms with van der Waals surface area (Å²) in [4.78, 5) is 10.5. The average molecular weight is 230 g/mol. The number of halogens is 1. The largest absolute Gasteiger partial charge is 0.444 e. The van der Waals surface area contributed by atoms with Gasteiger partial charge in [-0.3, -0.25) is 0 Å². The second-order valence-electron chi connectivity index (χ2n) is 3.14. The van der Waals surface area contributed by atoms with Crippen LogP contribution in [0.3, 0.4) is 0 Å². The van der Waals surface area contributed by atoms with Crippen LogP contribution >= 0.6 is 11.6 Å². The lowest BCUT2D eigenvalue weighted by molar-refractivity contribution is 0.0158. The molecule has 1 aromatic rings. The van der Waals surface area contributed by atoms with Gasteiger partial charge in [-0.25, -0.2) is 4.79 Å². The van der Waals surface area contributed by atoms with Crippen LogP contribution in [0.1, 0.15) is 18.6 Å². The van der Waals surface area contributed by atoms with Crippen LogP contribution in [0.5, 0.6) is 0 Å². The van der Waals surface area contributed by atoms with Crippen LogP contribution < -0.4 is 5.73 Å². The maximum absolute atomic E-state index is 10.5. The highest BCUT2D eigenvalue weighted by Gasteiger charge is 2.18. The van der Waals surface area contributed by atoms with Crippen LogP contribution in [0, 0.1) is 0 Å². The molecule has 2 atom stereocenters. The summed E-state index contributed by atoms with van der Waals surface area (Å²) in [6, 6.07) is 6.62. The Bertz CT molecular complexity index is 339. The van der Waals surface area contributed by atoms with Gasteiger partial charge in [-0.15, -0.1) is 0 Å². The molecule has 0 saturated heterocycles. The first-order valence-corrected chi connectivity index (χ1v) is 4.78. The molecule has 82 valence electrons. The van der Waals surface area contributed by atoms with Gasteiger partial charge in [0.05, 0.1) is 0 Å². The van der Waals surface area contributed by atoms with E-state index in [4.69, 9.17) is 17.3 Å². The molecule has 3 N–H and O–H groups in total. The SMILES string of the molecule is C[C@H](OC(N)=O)[C@@H](O)c1ccc(Cl)cc1. The number of aliphatic hydroxyl groups excluding tert-OH is 1. The molecule has 1 aromatic carbocycles. The Morgan fingerprint density at radius 1 is 1.47 bits per heavy atom. The monoisotopic (exact) mass is 229 g/mol. The van der Waals surface area contributed by atoms with E-state index in [-0.39, 0.29) is 0 Å². The zero-order chi connectivity index (χ0) is 11.4. The number of benzene rings is 1. The molecule has 0 bridgehead atoms. The first-order chi connectivity index (χ1) is 7.00. The predicted octanol–water partition coefficient (Wildman–Crippen LogP) is 1.86. The minimum atomic E-state index is -0.908. The molecular formula is C10H12ClNO3. The van der Waals surface area contributed by atoms with E-state index in [0.29, 0.717) is 10.6 Å². The van der Waals surface area contributed by atoms with E-state index in [9.17, 15) is 9.90 Å². The van der Waals surface area contributed by atoms with Crippen molar-refractivity contribution in [1.29, 1.82) is 0 Å². The molecule has 1 rings (SSSR count). The number of hydrogen-bond acceptors (Lipinski definition) is 3. The first kappa shape index (κ1) is 11.8. The van der Waals surface area contributed by atoms with Gasteiger partial charge < -0.3 is 15.6 Å². The minimum Gasteiger partial charge on any atom is -0.444 e. The highest BCUT2D eigenvalue weighted by atomic mass is 35.5. The Hall–Kier alpha value is -1.26. The van der Waals surface area contributed by atoms with Crippen molar-refractivity contribution in [2.45, 2.75) is 19.1 Å². The van der Waals surface area contributed by atoms with Crippen molar-refractivity contribution in [1.82, 2.24) is 0 Å². The molecule has 0 radical (unpaired) electrons. The number of nitrogens with two attached hydrogens (primary N) is 1. The van der Waals surface area contributed by atoms with Gasteiger partial charge in [0.25, 0.3) is 0 Å². The second kappa shape index (κ2) is 5.00. The van der Waals surface area contributed by atoms with Crippen molar-refractivity contribution in [2.24, 2.45) is 5.73 Å². The Morgan fingerprint density at radius 2 is 2.00 bits per heavy atom. The molecule has 0 saturated carbocycles. The molecule has 0 heterocycles. The summed E-state index contributed by atoms with van der Waals surface area (Å²) in [6.45, 7) is 1.56. The zero-order valence-electron chi connectivity index (χ0n) is 8.18. The molecule has 0 spiro atoms. The number of carbonyl (C=O) groups is 1. The van der Waals surface area contributed by atoms with E-state index in [2.05, 4.69) is 4.74 Å². The average Bonchev–Trinajstić information content (AvgIpc) is 2.17. The second-order valence-corrected chi connectivity index (χ2v) is 3.57. The van der Waals surface area contributed by atoms with Crippen molar-refractivity contribution in [3.63, 3.8) is 0 Å². The number of rotatable bonds is 3. The lowest BCUT2D eigenvalue weighted by atomic mass is 10.1. The van der Waals surface area contributed by atoms with Crippen molar-refractivity contribution < 1.29 is 14.6 Å². The third kappa shape index (κ3) is 3.42. The molecule has 4 nitrogen and oxygen atoms in total. The molecule has 1 amide bonds. The standard InChI is InChI=1S/C10H12ClNO3/c1-6(15-10(12)14)9(13)7-2-4-8(11)5-3-7/h2-6,9,13H,1H3,(H2,12,14)/t6-,9+/m0/s1.